The fourth-order valence-corrected chi connectivity index (χ4v) is 5.57. The number of allylic oxidation sites excluding steroid dienone is 2. The molecule has 0 spiro atoms. The van der Waals surface area contributed by atoms with Crippen LogP contribution in [0.1, 0.15) is 94.4 Å². The average molecular weight is 461 g/mol. The van der Waals surface area contributed by atoms with E-state index in [1.54, 1.807) is 0 Å². The molecule has 2 aliphatic rings. The van der Waals surface area contributed by atoms with Gasteiger partial charge in [0, 0.05) is 0 Å². The number of nitrogens with zero attached hydrogens (tertiary/aromatic N) is 2. The Bertz CT molecular complexity index is 1090. The standard InChI is InChI=1S/C29H40N4O/c1-7-21-15-17-23(18-16-21)29(8-2,9-3)31-27(34)25-20(4)32-33-26(25)30-24(19-28(33,5)6)22-13-11-10-12-14-22/h10-15,17-18,21,24,30H,7-9,16,19H2,1-6H3,(H,31,34)/t21?,24-/m1/s1. The molecule has 1 aromatic heterocycles. The predicted molar refractivity (Wildman–Crippen MR) is 140 cm³/mol. The largest absolute Gasteiger partial charge is 0.363 e. The first kappa shape index (κ1) is 24.3. The maximum atomic E-state index is 13.9. The fourth-order valence-electron chi connectivity index (χ4n) is 5.57. The third kappa shape index (κ3) is 4.33. The molecule has 0 fully saturated rings. The molecule has 2 heterocycles. The van der Waals surface area contributed by atoms with Gasteiger partial charge in [0.1, 0.15) is 11.4 Å². The maximum absolute atomic E-state index is 13.9. The summed E-state index contributed by atoms with van der Waals surface area (Å²) in [6.07, 6.45) is 11.6. The van der Waals surface area contributed by atoms with Crippen molar-refractivity contribution in [2.45, 2.75) is 90.8 Å². The van der Waals surface area contributed by atoms with Crippen molar-refractivity contribution in [1.29, 1.82) is 0 Å². The summed E-state index contributed by atoms with van der Waals surface area (Å²) in [5.74, 6) is 1.36. The van der Waals surface area contributed by atoms with Crippen LogP contribution in [0.3, 0.4) is 0 Å². The number of hydrogen-bond donors (Lipinski definition) is 2. The molecule has 1 amide bonds. The molecule has 34 heavy (non-hydrogen) atoms. The van der Waals surface area contributed by atoms with Crippen molar-refractivity contribution in [3.05, 3.63) is 71.0 Å². The minimum atomic E-state index is -0.378. The van der Waals surface area contributed by atoms with Crippen molar-refractivity contribution in [3.63, 3.8) is 0 Å². The van der Waals surface area contributed by atoms with Gasteiger partial charge in [-0.15, -0.1) is 0 Å². The SMILES string of the molecule is CCC1C=CC(C(CC)(CC)NC(=O)c2c(C)nn3c2N[C@@H](c2ccccc2)CC3(C)C)=CC1. The molecule has 4 rings (SSSR count). The number of fused-ring (bicyclic) bond motifs is 1. The fraction of sp³-hybridized carbons (Fsp3) is 0.517. The van der Waals surface area contributed by atoms with E-state index in [9.17, 15) is 4.79 Å². The molecular formula is C29H40N4O. The van der Waals surface area contributed by atoms with Gasteiger partial charge in [-0.1, -0.05) is 69.3 Å². The molecular weight excluding hydrogens is 420 g/mol. The summed E-state index contributed by atoms with van der Waals surface area (Å²) >= 11 is 0. The van der Waals surface area contributed by atoms with E-state index in [0.29, 0.717) is 11.5 Å². The highest BCUT2D eigenvalue weighted by molar-refractivity contribution is 6.01. The summed E-state index contributed by atoms with van der Waals surface area (Å²) in [6, 6.07) is 10.6. The van der Waals surface area contributed by atoms with Gasteiger partial charge in [0.25, 0.3) is 5.91 Å². The van der Waals surface area contributed by atoms with Crippen LogP contribution >= 0.6 is 0 Å². The van der Waals surface area contributed by atoms with E-state index in [1.807, 2.05) is 17.7 Å². The van der Waals surface area contributed by atoms with Crippen molar-refractivity contribution in [2.75, 3.05) is 5.32 Å². The number of hydrogen-bond acceptors (Lipinski definition) is 3. The zero-order valence-electron chi connectivity index (χ0n) is 21.6. The molecule has 5 nitrogen and oxygen atoms in total. The van der Waals surface area contributed by atoms with E-state index in [-0.39, 0.29) is 23.0 Å². The van der Waals surface area contributed by atoms with Crippen molar-refractivity contribution in [1.82, 2.24) is 15.1 Å². The first-order chi connectivity index (χ1) is 16.2. The minimum Gasteiger partial charge on any atom is -0.363 e. The van der Waals surface area contributed by atoms with Gasteiger partial charge in [0.15, 0.2) is 0 Å². The van der Waals surface area contributed by atoms with Gasteiger partial charge >= 0.3 is 0 Å². The van der Waals surface area contributed by atoms with Crippen LogP contribution in [0.4, 0.5) is 5.82 Å². The summed E-state index contributed by atoms with van der Waals surface area (Å²) in [7, 11) is 0. The van der Waals surface area contributed by atoms with Gasteiger partial charge in [0.05, 0.1) is 22.8 Å². The summed E-state index contributed by atoms with van der Waals surface area (Å²) < 4.78 is 2.02. The second-order valence-electron chi connectivity index (χ2n) is 10.5. The molecule has 2 atom stereocenters. The van der Waals surface area contributed by atoms with E-state index in [0.717, 1.165) is 43.6 Å². The number of amides is 1. The lowest BCUT2D eigenvalue weighted by Gasteiger charge is -2.39. The Morgan fingerprint density at radius 3 is 2.50 bits per heavy atom. The number of aromatic nitrogens is 2. The zero-order chi connectivity index (χ0) is 24.5. The lowest BCUT2D eigenvalue weighted by Crippen LogP contribution is -2.49. The molecule has 0 saturated heterocycles. The van der Waals surface area contributed by atoms with Gasteiger partial charge in [-0.25, -0.2) is 4.68 Å². The Morgan fingerprint density at radius 2 is 1.91 bits per heavy atom. The first-order valence-electron chi connectivity index (χ1n) is 12.9. The normalized spacial score (nSPS) is 21.4. The van der Waals surface area contributed by atoms with E-state index in [1.165, 1.54) is 11.1 Å². The molecule has 2 N–H and O–H groups in total. The number of nitrogens with one attached hydrogen (secondary N) is 2. The average Bonchev–Trinajstić information content (AvgIpc) is 3.20. The molecule has 0 saturated carbocycles. The van der Waals surface area contributed by atoms with Gasteiger partial charge in [-0.05, 0) is 69.9 Å². The quantitative estimate of drug-likeness (QED) is 0.484. The Balaban J connectivity index is 1.68. The topological polar surface area (TPSA) is 59.0 Å². The van der Waals surface area contributed by atoms with Crippen molar-refractivity contribution < 1.29 is 4.79 Å². The minimum absolute atomic E-state index is 0.0497. The third-order valence-electron chi connectivity index (χ3n) is 7.90. The van der Waals surface area contributed by atoms with Crippen molar-refractivity contribution in [3.8, 4) is 0 Å². The van der Waals surface area contributed by atoms with Crippen LogP contribution in [0, 0.1) is 12.8 Å². The van der Waals surface area contributed by atoms with Crippen LogP contribution in [-0.2, 0) is 5.54 Å². The van der Waals surface area contributed by atoms with Crippen LogP contribution < -0.4 is 10.6 Å². The van der Waals surface area contributed by atoms with Crippen LogP contribution in [0.25, 0.3) is 0 Å². The van der Waals surface area contributed by atoms with Crippen LogP contribution in [0.15, 0.2) is 54.1 Å². The molecule has 1 aromatic carbocycles. The highest BCUT2D eigenvalue weighted by Gasteiger charge is 2.40. The number of anilines is 1. The smallest absolute Gasteiger partial charge is 0.257 e. The lowest BCUT2D eigenvalue weighted by atomic mass is 9.79. The number of rotatable bonds is 7. The molecule has 1 unspecified atom stereocenters. The van der Waals surface area contributed by atoms with E-state index < -0.39 is 0 Å². The monoisotopic (exact) mass is 460 g/mol. The molecule has 0 bridgehead atoms. The summed E-state index contributed by atoms with van der Waals surface area (Å²) in [5.41, 5.74) is 3.29. The number of benzene rings is 1. The highest BCUT2D eigenvalue weighted by atomic mass is 16.2. The number of carbonyl (C=O) groups excluding carboxylic acids is 1. The number of carbonyl (C=O) groups is 1. The molecule has 0 radical (unpaired) electrons. The second-order valence-corrected chi connectivity index (χ2v) is 10.5. The Hall–Kier alpha value is -2.82. The first-order valence-corrected chi connectivity index (χ1v) is 12.9. The Morgan fingerprint density at radius 1 is 1.21 bits per heavy atom. The van der Waals surface area contributed by atoms with Crippen LogP contribution in [-0.4, -0.2) is 21.2 Å². The summed E-state index contributed by atoms with van der Waals surface area (Å²) in [6.45, 7) is 12.9. The summed E-state index contributed by atoms with van der Waals surface area (Å²) in [4.78, 5) is 13.9. The molecule has 1 aliphatic carbocycles. The molecule has 2 aromatic rings. The third-order valence-corrected chi connectivity index (χ3v) is 7.90. The zero-order valence-corrected chi connectivity index (χ0v) is 21.6. The molecule has 1 aliphatic heterocycles. The van der Waals surface area contributed by atoms with E-state index in [4.69, 9.17) is 5.10 Å². The van der Waals surface area contributed by atoms with Crippen molar-refractivity contribution >= 4 is 11.7 Å². The lowest BCUT2D eigenvalue weighted by molar-refractivity contribution is 0.0909. The predicted octanol–water partition coefficient (Wildman–Crippen LogP) is 6.68. The van der Waals surface area contributed by atoms with Crippen LogP contribution in [0.5, 0.6) is 0 Å². The number of aryl methyl sites for hydroxylation is 1. The van der Waals surface area contributed by atoms with Gasteiger partial charge in [-0.3, -0.25) is 4.79 Å². The Labute approximate surface area is 204 Å². The van der Waals surface area contributed by atoms with Gasteiger partial charge < -0.3 is 10.6 Å². The Kier molecular flexibility index (Phi) is 6.75. The van der Waals surface area contributed by atoms with Crippen molar-refractivity contribution in [2.24, 2.45) is 5.92 Å². The molecule has 182 valence electrons. The van der Waals surface area contributed by atoms with E-state index >= 15 is 0 Å². The van der Waals surface area contributed by atoms with Crippen LogP contribution in [0.2, 0.25) is 0 Å². The van der Waals surface area contributed by atoms with E-state index in [2.05, 4.69) is 87.7 Å². The van der Waals surface area contributed by atoms with Gasteiger partial charge in [0.2, 0.25) is 0 Å². The molecule has 5 heteroatoms. The summed E-state index contributed by atoms with van der Waals surface area (Å²) in [5, 5.41) is 12.0. The maximum Gasteiger partial charge on any atom is 0.257 e. The van der Waals surface area contributed by atoms with Gasteiger partial charge in [-0.2, -0.15) is 5.10 Å². The highest BCUT2D eigenvalue weighted by Crippen LogP contribution is 2.41. The second kappa shape index (κ2) is 9.44.